The average molecular weight is 239 g/mol. The van der Waals surface area contributed by atoms with E-state index >= 15 is 0 Å². The van der Waals surface area contributed by atoms with Crippen LogP contribution in [0, 0.1) is 10.1 Å². The molecule has 6 nitrogen and oxygen atoms in total. The van der Waals surface area contributed by atoms with E-state index in [2.05, 4.69) is 5.32 Å². The van der Waals surface area contributed by atoms with Gasteiger partial charge in [-0.25, -0.2) is 0 Å². The first-order valence-electron chi connectivity index (χ1n) is 4.42. The minimum atomic E-state index is -0.707. The summed E-state index contributed by atoms with van der Waals surface area (Å²) in [7, 11) is 0. The van der Waals surface area contributed by atoms with Gasteiger partial charge >= 0.3 is 5.88 Å². The fourth-order valence-electron chi connectivity index (χ4n) is 1.17. The first kappa shape index (κ1) is 10.8. The molecule has 0 fully saturated rings. The second-order valence-electron chi connectivity index (χ2n) is 3.12. The number of nitrogens with two attached hydrogens (primary N) is 1. The summed E-state index contributed by atoms with van der Waals surface area (Å²) in [6.45, 7) is 0. The molecule has 0 amide bonds. The Morgan fingerprint density at radius 2 is 2.44 bits per heavy atom. The Balaban J connectivity index is 2.08. The number of hydrogen-bond donors (Lipinski definition) is 2. The van der Waals surface area contributed by atoms with Crippen LogP contribution in [-0.2, 0) is 0 Å². The summed E-state index contributed by atoms with van der Waals surface area (Å²) >= 11 is 1.40. The number of nitrogens with zero attached hydrogens (tertiary/aromatic N) is 1. The van der Waals surface area contributed by atoms with Crippen LogP contribution < -0.4 is 11.1 Å². The van der Waals surface area contributed by atoms with Gasteiger partial charge in [-0.05, 0) is 23.6 Å². The van der Waals surface area contributed by atoms with Gasteiger partial charge in [-0.3, -0.25) is 15.8 Å². The Bertz CT molecular complexity index is 458. The lowest BCUT2D eigenvalue weighted by molar-refractivity contribution is -0.402. The Morgan fingerprint density at radius 3 is 3.00 bits per heavy atom. The molecule has 1 atom stereocenters. The van der Waals surface area contributed by atoms with Crippen LogP contribution in [0.5, 0.6) is 0 Å². The molecule has 0 aromatic carbocycles. The second-order valence-corrected chi connectivity index (χ2v) is 4.31. The zero-order chi connectivity index (χ0) is 11.6. The Labute approximate surface area is 95.3 Å². The molecule has 1 aliphatic rings. The van der Waals surface area contributed by atoms with Crippen molar-refractivity contribution in [2.24, 2.45) is 5.73 Å². The maximum atomic E-state index is 10.4. The molecule has 0 saturated heterocycles. The Morgan fingerprint density at radius 1 is 1.62 bits per heavy atom. The third-order valence-electron chi connectivity index (χ3n) is 1.93. The van der Waals surface area contributed by atoms with Crippen LogP contribution in [-0.4, -0.2) is 9.92 Å². The number of nitro groups is 1. The van der Waals surface area contributed by atoms with Crippen LogP contribution in [0.1, 0.15) is 5.76 Å². The van der Waals surface area contributed by atoms with Gasteiger partial charge in [-0.2, -0.15) is 0 Å². The molecule has 7 heteroatoms. The molecule has 2 heterocycles. The number of furan rings is 1. The van der Waals surface area contributed by atoms with Crippen molar-refractivity contribution < 1.29 is 9.34 Å². The van der Waals surface area contributed by atoms with Crippen molar-refractivity contribution in [1.29, 1.82) is 0 Å². The zero-order valence-electron chi connectivity index (χ0n) is 8.12. The number of hydrogen-bond acceptors (Lipinski definition) is 6. The minimum absolute atomic E-state index is 0.282. The Kier molecular flexibility index (Phi) is 2.71. The minimum Gasteiger partial charge on any atom is -0.401 e. The molecule has 1 aromatic heterocycles. The highest BCUT2D eigenvalue weighted by molar-refractivity contribution is 8.03. The largest absolute Gasteiger partial charge is 0.433 e. The van der Waals surface area contributed by atoms with Crippen molar-refractivity contribution in [3.63, 3.8) is 0 Å². The topological polar surface area (TPSA) is 94.3 Å². The van der Waals surface area contributed by atoms with E-state index in [1.54, 1.807) is 18.4 Å². The normalized spacial score (nSPS) is 23.8. The lowest BCUT2D eigenvalue weighted by Gasteiger charge is -2.18. The standard InChI is InChI=1S/C9H9N3O3S/c10-9(11-5-6-16-9)4-3-7-1-2-8(15-7)12(13)14/h1-6,11H,10H2/b4-3+. The summed E-state index contributed by atoms with van der Waals surface area (Å²) in [6, 6.07) is 2.82. The van der Waals surface area contributed by atoms with Crippen molar-refractivity contribution in [3.8, 4) is 0 Å². The maximum absolute atomic E-state index is 10.4. The molecule has 0 spiro atoms. The summed E-state index contributed by atoms with van der Waals surface area (Å²) in [4.78, 5) is 9.08. The van der Waals surface area contributed by atoms with Crippen molar-refractivity contribution in [3.05, 3.63) is 45.7 Å². The van der Waals surface area contributed by atoms with Crippen LogP contribution in [0.3, 0.4) is 0 Å². The van der Waals surface area contributed by atoms with Gasteiger partial charge in [0.1, 0.15) is 10.7 Å². The van der Waals surface area contributed by atoms with E-state index < -0.39 is 9.92 Å². The molecule has 1 aliphatic heterocycles. The van der Waals surface area contributed by atoms with E-state index in [1.807, 2.05) is 5.41 Å². The first-order chi connectivity index (χ1) is 7.59. The van der Waals surface area contributed by atoms with Gasteiger partial charge in [0.25, 0.3) is 0 Å². The zero-order valence-corrected chi connectivity index (χ0v) is 8.94. The van der Waals surface area contributed by atoms with Crippen LogP contribution in [0.2, 0.25) is 0 Å². The lowest BCUT2D eigenvalue weighted by Crippen LogP contribution is -2.42. The van der Waals surface area contributed by atoms with E-state index in [0.717, 1.165) is 0 Å². The van der Waals surface area contributed by atoms with Gasteiger partial charge in [-0.1, -0.05) is 11.8 Å². The molecule has 0 bridgehead atoms. The van der Waals surface area contributed by atoms with E-state index in [-0.39, 0.29) is 5.88 Å². The maximum Gasteiger partial charge on any atom is 0.433 e. The summed E-state index contributed by atoms with van der Waals surface area (Å²) in [5.41, 5.74) is 5.90. The number of nitrogens with one attached hydrogen (secondary N) is 1. The summed E-state index contributed by atoms with van der Waals surface area (Å²) in [5, 5.41) is 15.1. The van der Waals surface area contributed by atoms with Crippen molar-refractivity contribution in [2.75, 3.05) is 0 Å². The molecular weight excluding hydrogens is 230 g/mol. The van der Waals surface area contributed by atoms with Crippen molar-refractivity contribution in [1.82, 2.24) is 5.32 Å². The second kappa shape index (κ2) is 4.03. The smallest absolute Gasteiger partial charge is 0.401 e. The van der Waals surface area contributed by atoms with Crippen LogP contribution in [0.15, 0.2) is 34.2 Å². The van der Waals surface area contributed by atoms with E-state index in [0.29, 0.717) is 5.76 Å². The lowest BCUT2D eigenvalue weighted by atomic mass is 10.3. The first-order valence-corrected chi connectivity index (χ1v) is 5.30. The summed E-state index contributed by atoms with van der Waals surface area (Å²) < 4.78 is 4.95. The molecule has 84 valence electrons. The fraction of sp³-hybridized carbons (Fsp3) is 0.111. The molecule has 2 rings (SSSR count). The summed E-state index contributed by atoms with van der Waals surface area (Å²) in [5.74, 6) is 0.113. The van der Waals surface area contributed by atoms with Crippen molar-refractivity contribution >= 4 is 23.7 Å². The molecule has 0 radical (unpaired) electrons. The molecule has 1 unspecified atom stereocenters. The number of rotatable bonds is 3. The average Bonchev–Trinajstić information content (AvgIpc) is 2.84. The predicted molar refractivity (Wildman–Crippen MR) is 61.2 cm³/mol. The monoisotopic (exact) mass is 239 g/mol. The number of thioether (sulfide) groups is 1. The fourth-order valence-corrected chi connectivity index (χ4v) is 1.81. The van der Waals surface area contributed by atoms with Crippen LogP contribution in [0.4, 0.5) is 5.88 Å². The van der Waals surface area contributed by atoms with Gasteiger partial charge in [-0.15, -0.1) is 0 Å². The SMILES string of the molecule is NC1(/C=C/c2ccc([N+](=O)[O-])o2)NC=CS1. The third-order valence-corrected chi connectivity index (χ3v) is 2.84. The van der Waals surface area contributed by atoms with Gasteiger partial charge in [0.15, 0.2) is 4.99 Å². The predicted octanol–water partition coefficient (Wildman–Crippen LogP) is 1.62. The van der Waals surface area contributed by atoms with E-state index in [1.165, 1.54) is 23.9 Å². The highest BCUT2D eigenvalue weighted by Gasteiger charge is 2.22. The van der Waals surface area contributed by atoms with Crippen LogP contribution in [0.25, 0.3) is 6.08 Å². The highest BCUT2D eigenvalue weighted by Crippen LogP contribution is 2.26. The van der Waals surface area contributed by atoms with Crippen molar-refractivity contribution in [2.45, 2.75) is 4.99 Å². The van der Waals surface area contributed by atoms with E-state index in [9.17, 15) is 10.1 Å². The van der Waals surface area contributed by atoms with Gasteiger partial charge in [0.2, 0.25) is 0 Å². The van der Waals surface area contributed by atoms with Gasteiger partial charge < -0.3 is 9.73 Å². The molecule has 3 N–H and O–H groups in total. The quantitative estimate of drug-likeness (QED) is 0.614. The Hall–Kier alpha value is -1.73. The van der Waals surface area contributed by atoms with Gasteiger partial charge in [0, 0.05) is 6.20 Å². The molecule has 1 aromatic rings. The molecular formula is C9H9N3O3S. The van der Waals surface area contributed by atoms with Gasteiger partial charge in [0.05, 0.1) is 6.07 Å². The third kappa shape index (κ3) is 2.26. The highest BCUT2D eigenvalue weighted by atomic mass is 32.2. The molecule has 16 heavy (non-hydrogen) atoms. The van der Waals surface area contributed by atoms with Crippen LogP contribution >= 0.6 is 11.8 Å². The molecule has 0 aliphatic carbocycles. The molecule has 0 saturated carbocycles. The van der Waals surface area contributed by atoms with E-state index in [4.69, 9.17) is 10.2 Å². The summed E-state index contributed by atoms with van der Waals surface area (Å²) in [6.07, 6.45) is 5.01.